The lowest BCUT2D eigenvalue weighted by Crippen LogP contribution is -2.39. The van der Waals surface area contributed by atoms with Crippen molar-refractivity contribution < 1.29 is 0 Å². The molecule has 2 rings (SSSR count). The van der Waals surface area contributed by atoms with E-state index in [-0.39, 0.29) is 5.41 Å². The van der Waals surface area contributed by atoms with Gasteiger partial charge < -0.3 is 10.6 Å². The average molecular weight is 336 g/mol. The van der Waals surface area contributed by atoms with Gasteiger partial charge in [0.05, 0.1) is 0 Å². The Hall–Kier alpha value is -1.13. The van der Waals surface area contributed by atoms with E-state index in [1.54, 1.807) is 0 Å². The topological polar surface area (TPSA) is 42.1 Å². The van der Waals surface area contributed by atoms with Gasteiger partial charge in [0.2, 0.25) is 0 Å². The van der Waals surface area contributed by atoms with Gasteiger partial charge in [0.1, 0.15) is 5.82 Å². The second-order valence-electron chi connectivity index (χ2n) is 5.85. The lowest BCUT2D eigenvalue weighted by molar-refractivity contribution is 0.379. The molecule has 1 aromatic heterocycles. The molecule has 0 spiro atoms. The minimum absolute atomic E-state index is 0.0753. The van der Waals surface area contributed by atoms with Crippen molar-refractivity contribution in [1.29, 1.82) is 0 Å². The maximum atomic E-state index is 5.87. The van der Waals surface area contributed by atoms with Gasteiger partial charge in [-0.15, -0.1) is 0 Å². The first-order valence-corrected chi connectivity index (χ1v) is 7.76. The number of rotatable bonds is 5. The van der Waals surface area contributed by atoms with Crippen LogP contribution in [-0.2, 0) is 0 Å². The highest BCUT2D eigenvalue weighted by atomic mass is 79.9. The van der Waals surface area contributed by atoms with E-state index in [2.05, 4.69) is 64.8 Å². The van der Waals surface area contributed by atoms with Gasteiger partial charge >= 0.3 is 0 Å². The molecule has 108 valence electrons. The zero-order valence-electron chi connectivity index (χ0n) is 12.4. The smallest absolute Gasteiger partial charge is 0.136 e. The number of halogens is 1. The van der Waals surface area contributed by atoms with Gasteiger partial charge in [-0.05, 0) is 31.0 Å². The summed E-state index contributed by atoms with van der Waals surface area (Å²) in [5.41, 5.74) is 5.94. The Labute approximate surface area is 129 Å². The van der Waals surface area contributed by atoms with Crippen molar-refractivity contribution in [1.82, 2.24) is 4.98 Å². The molecular formula is C16H22BrN3. The molecule has 0 aliphatic rings. The summed E-state index contributed by atoms with van der Waals surface area (Å²) in [6, 6.07) is 8.29. The van der Waals surface area contributed by atoms with Crippen LogP contribution in [0.15, 0.2) is 34.9 Å². The van der Waals surface area contributed by atoms with E-state index < -0.39 is 0 Å². The van der Waals surface area contributed by atoms with E-state index in [1.807, 2.05) is 12.3 Å². The molecule has 0 bridgehead atoms. The molecule has 1 heterocycles. The first kappa shape index (κ1) is 15.3. The summed E-state index contributed by atoms with van der Waals surface area (Å²) in [6.45, 7) is 9.02. The fourth-order valence-electron chi connectivity index (χ4n) is 2.32. The van der Waals surface area contributed by atoms with Crippen LogP contribution in [0.3, 0.4) is 0 Å². The Balaban J connectivity index is 2.47. The molecule has 2 N–H and O–H groups in total. The number of fused-ring (bicyclic) bond motifs is 1. The van der Waals surface area contributed by atoms with Crippen molar-refractivity contribution in [3.63, 3.8) is 0 Å². The van der Waals surface area contributed by atoms with E-state index in [0.717, 1.165) is 23.4 Å². The molecule has 3 nitrogen and oxygen atoms in total. The molecular weight excluding hydrogens is 314 g/mol. The monoisotopic (exact) mass is 335 g/mol. The highest BCUT2D eigenvalue weighted by molar-refractivity contribution is 9.10. The Bertz CT molecular complexity index is 595. The van der Waals surface area contributed by atoms with Crippen LogP contribution in [0.5, 0.6) is 0 Å². The quantitative estimate of drug-likeness (QED) is 0.903. The van der Waals surface area contributed by atoms with Gasteiger partial charge in [0.25, 0.3) is 0 Å². The predicted octanol–water partition coefficient (Wildman–Crippen LogP) is 3.81. The fourth-order valence-corrected chi connectivity index (χ4v) is 2.82. The molecule has 0 aliphatic heterocycles. The predicted molar refractivity (Wildman–Crippen MR) is 90.2 cm³/mol. The van der Waals surface area contributed by atoms with Crippen molar-refractivity contribution in [3.05, 3.63) is 34.9 Å². The van der Waals surface area contributed by atoms with Crippen LogP contribution in [-0.4, -0.2) is 24.6 Å². The molecule has 2 aromatic rings. The second-order valence-corrected chi connectivity index (χ2v) is 6.71. The molecule has 0 fully saturated rings. The number of nitrogens with zero attached hydrogens (tertiary/aromatic N) is 2. The SMILES string of the molecule is CCN(CC(C)(C)CN)c1nccc2c(Br)cccc12. The third kappa shape index (κ3) is 3.13. The van der Waals surface area contributed by atoms with Crippen molar-refractivity contribution in [2.75, 3.05) is 24.5 Å². The first-order valence-electron chi connectivity index (χ1n) is 6.97. The van der Waals surface area contributed by atoms with Crippen molar-refractivity contribution >= 4 is 32.5 Å². The Kier molecular flexibility index (Phi) is 4.66. The number of benzene rings is 1. The largest absolute Gasteiger partial charge is 0.356 e. The summed E-state index contributed by atoms with van der Waals surface area (Å²) < 4.78 is 1.10. The highest BCUT2D eigenvalue weighted by Gasteiger charge is 2.21. The van der Waals surface area contributed by atoms with Gasteiger partial charge in [0.15, 0.2) is 0 Å². The zero-order chi connectivity index (χ0) is 14.8. The van der Waals surface area contributed by atoms with Crippen LogP contribution in [0.1, 0.15) is 20.8 Å². The lowest BCUT2D eigenvalue weighted by atomic mass is 9.93. The number of nitrogens with two attached hydrogens (primary N) is 1. The molecule has 0 aliphatic carbocycles. The summed E-state index contributed by atoms with van der Waals surface area (Å²) in [4.78, 5) is 6.91. The van der Waals surface area contributed by atoms with Gasteiger partial charge in [0, 0.05) is 34.5 Å². The normalized spacial score (nSPS) is 11.8. The summed E-state index contributed by atoms with van der Waals surface area (Å²) in [6.07, 6.45) is 1.88. The van der Waals surface area contributed by atoms with Crippen LogP contribution in [0, 0.1) is 5.41 Å². The Morgan fingerprint density at radius 1 is 1.25 bits per heavy atom. The summed E-state index contributed by atoms with van der Waals surface area (Å²) in [5.74, 6) is 1.04. The summed E-state index contributed by atoms with van der Waals surface area (Å²) >= 11 is 3.61. The van der Waals surface area contributed by atoms with Gasteiger partial charge in [-0.3, -0.25) is 0 Å². The Morgan fingerprint density at radius 2 is 2.00 bits per heavy atom. The maximum absolute atomic E-state index is 5.87. The van der Waals surface area contributed by atoms with E-state index in [9.17, 15) is 0 Å². The molecule has 0 unspecified atom stereocenters. The standard InChI is InChI=1S/C16H22BrN3/c1-4-20(11-16(2,3)10-18)15-13-6-5-7-14(17)12(13)8-9-19-15/h5-9H,4,10-11,18H2,1-3H3. The second kappa shape index (κ2) is 6.10. The van der Waals surface area contributed by atoms with Crippen molar-refractivity contribution in [2.45, 2.75) is 20.8 Å². The first-order chi connectivity index (χ1) is 9.48. The maximum Gasteiger partial charge on any atom is 0.136 e. The molecule has 4 heteroatoms. The van der Waals surface area contributed by atoms with E-state index in [1.165, 1.54) is 10.8 Å². The van der Waals surface area contributed by atoms with Gasteiger partial charge in [-0.1, -0.05) is 41.9 Å². The number of hydrogen-bond acceptors (Lipinski definition) is 3. The summed E-state index contributed by atoms with van der Waals surface area (Å²) in [7, 11) is 0. The number of anilines is 1. The third-order valence-corrected chi connectivity index (χ3v) is 4.28. The fraction of sp³-hybridized carbons (Fsp3) is 0.438. The molecule has 0 atom stereocenters. The minimum atomic E-state index is 0.0753. The zero-order valence-corrected chi connectivity index (χ0v) is 13.9. The average Bonchev–Trinajstić information content (AvgIpc) is 2.45. The Morgan fingerprint density at radius 3 is 2.65 bits per heavy atom. The van der Waals surface area contributed by atoms with Crippen LogP contribution in [0.25, 0.3) is 10.8 Å². The van der Waals surface area contributed by atoms with Crippen LogP contribution >= 0.6 is 15.9 Å². The lowest BCUT2D eigenvalue weighted by Gasteiger charge is -2.32. The van der Waals surface area contributed by atoms with E-state index >= 15 is 0 Å². The molecule has 1 aromatic carbocycles. The van der Waals surface area contributed by atoms with Crippen molar-refractivity contribution in [3.8, 4) is 0 Å². The number of pyridine rings is 1. The molecule has 0 saturated carbocycles. The van der Waals surface area contributed by atoms with E-state index in [4.69, 9.17) is 5.73 Å². The minimum Gasteiger partial charge on any atom is -0.356 e. The summed E-state index contributed by atoms with van der Waals surface area (Å²) in [5, 5.41) is 2.37. The highest BCUT2D eigenvalue weighted by Crippen LogP contribution is 2.31. The van der Waals surface area contributed by atoms with Gasteiger partial charge in [-0.2, -0.15) is 0 Å². The van der Waals surface area contributed by atoms with Crippen LogP contribution in [0.4, 0.5) is 5.82 Å². The van der Waals surface area contributed by atoms with Crippen molar-refractivity contribution in [2.24, 2.45) is 11.1 Å². The molecule has 0 amide bonds. The van der Waals surface area contributed by atoms with Crippen LogP contribution < -0.4 is 10.6 Å². The molecule has 0 radical (unpaired) electrons. The van der Waals surface area contributed by atoms with Crippen LogP contribution in [0.2, 0.25) is 0 Å². The molecule has 20 heavy (non-hydrogen) atoms. The number of aromatic nitrogens is 1. The van der Waals surface area contributed by atoms with E-state index in [0.29, 0.717) is 6.54 Å². The molecule has 0 saturated heterocycles. The van der Waals surface area contributed by atoms with Gasteiger partial charge in [-0.25, -0.2) is 4.98 Å². The number of hydrogen-bond donors (Lipinski definition) is 1. The third-order valence-electron chi connectivity index (χ3n) is 3.58.